The molecule has 0 fully saturated rings. The van der Waals surface area contributed by atoms with E-state index in [0.29, 0.717) is 0 Å². The Hall–Kier alpha value is 0.170. The molecule has 0 aliphatic carbocycles. The predicted molar refractivity (Wildman–Crippen MR) is 75.7 cm³/mol. The number of unbranched alkanes of at least 4 members (excludes halogenated alkanes) is 5. The van der Waals surface area contributed by atoms with Crippen LogP contribution in [0.2, 0.25) is 0 Å². The van der Waals surface area contributed by atoms with Crippen LogP contribution in [0.3, 0.4) is 0 Å². The highest BCUT2D eigenvalue weighted by atomic mass is 79.9. The van der Waals surface area contributed by atoms with Gasteiger partial charge in [-0.15, -0.1) is 0 Å². The number of nitrogens with zero attached hydrogens (tertiary/aromatic N) is 2. The van der Waals surface area contributed by atoms with E-state index >= 15 is 0 Å². The van der Waals surface area contributed by atoms with Crippen LogP contribution in [-0.2, 0) is 13.5 Å². The zero-order valence-corrected chi connectivity index (χ0v) is 13.3. The third-order valence-electron chi connectivity index (χ3n) is 2.83. The molecule has 0 amide bonds. The fourth-order valence-electron chi connectivity index (χ4n) is 1.77. The van der Waals surface area contributed by atoms with E-state index in [1.807, 2.05) is 7.05 Å². The summed E-state index contributed by atoms with van der Waals surface area (Å²) < 4.78 is 4.06. The monoisotopic (exact) mass is 350 g/mol. The van der Waals surface area contributed by atoms with Gasteiger partial charge in [0.1, 0.15) is 15.0 Å². The van der Waals surface area contributed by atoms with Crippen molar-refractivity contribution in [3.8, 4) is 0 Å². The smallest absolute Gasteiger partial charge is 0.139 e. The Morgan fingerprint density at radius 2 is 1.69 bits per heavy atom. The summed E-state index contributed by atoms with van der Waals surface area (Å²) in [5, 5.41) is 0. The zero-order chi connectivity index (χ0) is 12.0. The minimum absolute atomic E-state index is 0.913. The maximum absolute atomic E-state index is 4.48. The first kappa shape index (κ1) is 14.2. The van der Waals surface area contributed by atoms with Crippen LogP contribution in [0.25, 0.3) is 0 Å². The van der Waals surface area contributed by atoms with Crippen LogP contribution in [0.15, 0.2) is 9.21 Å². The lowest BCUT2D eigenvalue weighted by Crippen LogP contribution is -1.98. The summed E-state index contributed by atoms with van der Waals surface area (Å²) in [5.41, 5.74) is 0. The Morgan fingerprint density at radius 1 is 1.06 bits per heavy atom. The second kappa shape index (κ2) is 7.49. The molecule has 0 aliphatic heterocycles. The summed E-state index contributed by atoms with van der Waals surface area (Å²) in [5.74, 6) is 1.16. The fourth-order valence-corrected chi connectivity index (χ4v) is 2.54. The van der Waals surface area contributed by atoms with Crippen LogP contribution < -0.4 is 0 Å². The largest absolute Gasteiger partial charge is 0.325 e. The second-order valence-electron chi connectivity index (χ2n) is 4.19. The van der Waals surface area contributed by atoms with Crippen LogP contribution in [0, 0.1) is 0 Å². The van der Waals surface area contributed by atoms with Crippen LogP contribution in [0.4, 0.5) is 0 Å². The molecule has 0 saturated heterocycles. The first-order chi connectivity index (χ1) is 7.66. The molecule has 0 bridgehead atoms. The van der Waals surface area contributed by atoms with Crippen molar-refractivity contribution in [2.75, 3.05) is 0 Å². The molecule has 16 heavy (non-hydrogen) atoms. The fraction of sp³-hybridized carbons (Fsp3) is 0.750. The molecule has 0 spiro atoms. The SMILES string of the molecule is CCCCCCCCc1nc(Br)c(Br)n1C. The van der Waals surface area contributed by atoms with E-state index in [1.54, 1.807) is 0 Å². The van der Waals surface area contributed by atoms with Crippen LogP contribution >= 0.6 is 31.9 Å². The van der Waals surface area contributed by atoms with Gasteiger partial charge in [-0.2, -0.15) is 0 Å². The quantitative estimate of drug-likeness (QED) is 0.642. The van der Waals surface area contributed by atoms with Crippen molar-refractivity contribution < 1.29 is 0 Å². The molecule has 4 heteroatoms. The molecule has 0 radical (unpaired) electrons. The number of halogens is 2. The summed E-state index contributed by atoms with van der Waals surface area (Å²) in [4.78, 5) is 4.48. The van der Waals surface area contributed by atoms with Gasteiger partial charge in [0, 0.05) is 13.5 Å². The number of rotatable bonds is 7. The molecule has 1 heterocycles. The van der Waals surface area contributed by atoms with Crippen molar-refractivity contribution in [3.63, 3.8) is 0 Å². The van der Waals surface area contributed by atoms with Gasteiger partial charge in [0.15, 0.2) is 0 Å². The molecule has 2 nitrogen and oxygen atoms in total. The van der Waals surface area contributed by atoms with E-state index in [1.165, 1.54) is 38.5 Å². The van der Waals surface area contributed by atoms with Crippen molar-refractivity contribution in [2.24, 2.45) is 7.05 Å². The molecule has 0 aliphatic rings. The lowest BCUT2D eigenvalue weighted by Gasteiger charge is -2.02. The number of aryl methyl sites for hydroxylation is 1. The van der Waals surface area contributed by atoms with E-state index in [-0.39, 0.29) is 0 Å². The van der Waals surface area contributed by atoms with Gasteiger partial charge in [-0.1, -0.05) is 39.0 Å². The van der Waals surface area contributed by atoms with Crippen molar-refractivity contribution in [3.05, 3.63) is 15.0 Å². The molecule has 0 atom stereocenters. The zero-order valence-electron chi connectivity index (χ0n) is 10.1. The summed E-state index contributed by atoms with van der Waals surface area (Å²) >= 11 is 6.93. The minimum Gasteiger partial charge on any atom is -0.325 e. The summed E-state index contributed by atoms with van der Waals surface area (Å²) in [6.07, 6.45) is 9.08. The third kappa shape index (κ3) is 4.21. The molecule has 1 aromatic rings. The highest BCUT2D eigenvalue weighted by Crippen LogP contribution is 2.23. The van der Waals surface area contributed by atoms with Gasteiger partial charge in [-0.05, 0) is 38.3 Å². The first-order valence-electron chi connectivity index (χ1n) is 6.03. The number of imidazole rings is 1. The Morgan fingerprint density at radius 3 is 2.25 bits per heavy atom. The summed E-state index contributed by atoms with van der Waals surface area (Å²) in [6.45, 7) is 2.25. The van der Waals surface area contributed by atoms with Crippen molar-refractivity contribution in [1.82, 2.24) is 9.55 Å². The second-order valence-corrected chi connectivity index (χ2v) is 5.69. The molecule has 0 aromatic carbocycles. The summed E-state index contributed by atoms with van der Waals surface area (Å²) in [6, 6.07) is 0. The standard InChI is InChI=1S/C12H20Br2N2/c1-3-4-5-6-7-8-9-10-15-11(13)12(14)16(10)2/h3-9H2,1-2H3. The molecule has 0 N–H and O–H groups in total. The van der Waals surface area contributed by atoms with E-state index in [9.17, 15) is 0 Å². The van der Waals surface area contributed by atoms with Gasteiger partial charge in [0.05, 0.1) is 0 Å². The lowest BCUT2D eigenvalue weighted by atomic mass is 10.1. The van der Waals surface area contributed by atoms with Gasteiger partial charge < -0.3 is 4.57 Å². The number of hydrogen-bond donors (Lipinski definition) is 0. The average Bonchev–Trinajstić information content (AvgIpc) is 2.51. The minimum atomic E-state index is 0.913. The van der Waals surface area contributed by atoms with Gasteiger partial charge in [0.2, 0.25) is 0 Å². The Labute approximate surface area is 115 Å². The molecule has 0 unspecified atom stereocenters. The number of hydrogen-bond acceptors (Lipinski definition) is 1. The predicted octanol–water partition coefficient (Wildman–Crippen LogP) is 4.85. The van der Waals surface area contributed by atoms with Crippen molar-refractivity contribution in [1.29, 1.82) is 0 Å². The molecular formula is C12H20Br2N2. The summed E-state index contributed by atoms with van der Waals surface area (Å²) in [7, 11) is 2.05. The Bertz CT molecular complexity index is 321. The van der Waals surface area contributed by atoms with E-state index in [4.69, 9.17) is 0 Å². The van der Waals surface area contributed by atoms with Gasteiger partial charge in [0.25, 0.3) is 0 Å². The third-order valence-corrected chi connectivity index (χ3v) is 4.83. The Kier molecular flexibility index (Phi) is 6.66. The highest BCUT2D eigenvalue weighted by Gasteiger charge is 2.09. The van der Waals surface area contributed by atoms with E-state index < -0.39 is 0 Å². The van der Waals surface area contributed by atoms with Gasteiger partial charge in [-0.25, -0.2) is 4.98 Å². The van der Waals surface area contributed by atoms with Crippen LogP contribution in [0.1, 0.15) is 51.3 Å². The Balaban J connectivity index is 2.24. The lowest BCUT2D eigenvalue weighted by molar-refractivity contribution is 0.594. The van der Waals surface area contributed by atoms with Crippen molar-refractivity contribution >= 4 is 31.9 Å². The number of aromatic nitrogens is 2. The maximum Gasteiger partial charge on any atom is 0.139 e. The normalized spacial score (nSPS) is 11.0. The van der Waals surface area contributed by atoms with Gasteiger partial charge in [-0.3, -0.25) is 0 Å². The molecule has 1 rings (SSSR count). The highest BCUT2D eigenvalue weighted by molar-refractivity contribution is 9.13. The molecule has 1 aromatic heterocycles. The first-order valence-corrected chi connectivity index (χ1v) is 7.62. The molecule has 92 valence electrons. The van der Waals surface area contributed by atoms with Crippen LogP contribution in [0.5, 0.6) is 0 Å². The van der Waals surface area contributed by atoms with Crippen molar-refractivity contribution in [2.45, 2.75) is 51.9 Å². The maximum atomic E-state index is 4.48. The van der Waals surface area contributed by atoms with E-state index in [2.05, 4.69) is 48.3 Å². The van der Waals surface area contributed by atoms with Gasteiger partial charge >= 0.3 is 0 Å². The van der Waals surface area contributed by atoms with E-state index in [0.717, 1.165) is 21.5 Å². The molecular weight excluding hydrogens is 332 g/mol. The average molecular weight is 352 g/mol. The van der Waals surface area contributed by atoms with Crippen LogP contribution in [-0.4, -0.2) is 9.55 Å². The topological polar surface area (TPSA) is 17.8 Å². The molecule has 0 saturated carbocycles.